The molecule has 0 bridgehead atoms. The topological polar surface area (TPSA) is 98.2 Å². The van der Waals surface area contributed by atoms with Crippen LogP contribution in [-0.4, -0.2) is 16.0 Å². The number of amides is 1. The third-order valence-electron chi connectivity index (χ3n) is 3.31. The highest BCUT2D eigenvalue weighted by molar-refractivity contribution is 5.91. The first-order valence-electron chi connectivity index (χ1n) is 7.31. The van der Waals surface area contributed by atoms with Gasteiger partial charge in [0.15, 0.2) is 11.2 Å². The Labute approximate surface area is 137 Å². The number of benzene rings is 1. The molecule has 3 aromatic rings. The first-order valence-corrected chi connectivity index (χ1v) is 7.31. The highest BCUT2D eigenvalue weighted by atomic mass is 16.5. The Morgan fingerprint density at radius 2 is 1.92 bits per heavy atom. The van der Waals surface area contributed by atoms with E-state index in [4.69, 9.17) is 8.94 Å². The van der Waals surface area contributed by atoms with Crippen LogP contribution in [0.1, 0.15) is 27.8 Å². The highest BCUT2D eigenvalue weighted by Crippen LogP contribution is 2.16. The average Bonchev–Trinajstić information content (AvgIpc) is 2.98. The van der Waals surface area contributed by atoms with Crippen LogP contribution in [0.2, 0.25) is 0 Å². The largest absolute Gasteiger partial charge is 0.456 e. The fraction of sp³-hybridized carbons (Fsp3) is 0.176. The molecule has 7 nitrogen and oxygen atoms in total. The minimum atomic E-state index is -0.436. The molecule has 0 aliphatic carbocycles. The van der Waals surface area contributed by atoms with Crippen molar-refractivity contribution >= 4 is 5.91 Å². The normalized spacial score (nSPS) is 10.6. The standard InChI is InChI=1S/C17H15N3O4/c1-10-7-14(21)8-15(23-10)17(22)18-9-12-3-5-13(6-4-12)16-19-11(2)24-20-16/h3-8H,9H2,1-2H3,(H,18,22). The second-order valence-electron chi connectivity index (χ2n) is 5.28. The number of carbonyl (C=O) groups is 1. The van der Waals surface area contributed by atoms with Crippen molar-refractivity contribution in [2.45, 2.75) is 20.4 Å². The summed E-state index contributed by atoms with van der Waals surface area (Å²) in [5.74, 6) is 0.977. The lowest BCUT2D eigenvalue weighted by atomic mass is 10.1. The summed E-state index contributed by atoms with van der Waals surface area (Å²) < 4.78 is 10.2. The van der Waals surface area contributed by atoms with Gasteiger partial charge >= 0.3 is 0 Å². The van der Waals surface area contributed by atoms with E-state index in [0.717, 1.165) is 11.1 Å². The van der Waals surface area contributed by atoms with E-state index in [1.54, 1.807) is 13.8 Å². The van der Waals surface area contributed by atoms with Crippen LogP contribution in [-0.2, 0) is 6.54 Å². The van der Waals surface area contributed by atoms with Crippen molar-refractivity contribution in [3.8, 4) is 11.4 Å². The first kappa shape index (κ1) is 15.7. The summed E-state index contributed by atoms with van der Waals surface area (Å²) in [6, 6.07) is 9.90. The number of aryl methyl sites for hydroxylation is 2. The van der Waals surface area contributed by atoms with E-state index < -0.39 is 5.91 Å². The van der Waals surface area contributed by atoms with Crippen molar-refractivity contribution in [3.05, 3.63) is 69.6 Å². The van der Waals surface area contributed by atoms with Gasteiger partial charge in [0.05, 0.1) is 0 Å². The van der Waals surface area contributed by atoms with Crippen molar-refractivity contribution < 1.29 is 13.7 Å². The summed E-state index contributed by atoms with van der Waals surface area (Å²) in [6.45, 7) is 3.66. The van der Waals surface area contributed by atoms with Crippen molar-refractivity contribution in [3.63, 3.8) is 0 Å². The molecular formula is C17H15N3O4. The van der Waals surface area contributed by atoms with Crippen LogP contribution >= 0.6 is 0 Å². The number of aromatic nitrogens is 2. The Kier molecular flexibility index (Phi) is 4.24. The van der Waals surface area contributed by atoms with E-state index >= 15 is 0 Å². The van der Waals surface area contributed by atoms with Gasteiger partial charge in [0.2, 0.25) is 11.7 Å². The Balaban J connectivity index is 1.66. The second-order valence-corrected chi connectivity index (χ2v) is 5.28. The van der Waals surface area contributed by atoms with E-state index in [9.17, 15) is 9.59 Å². The fourth-order valence-corrected chi connectivity index (χ4v) is 2.17. The van der Waals surface area contributed by atoms with Gasteiger partial charge in [0.25, 0.3) is 5.91 Å². The molecule has 0 aliphatic rings. The molecule has 0 atom stereocenters. The molecule has 2 aromatic heterocycles. The van der Waals surface area contributed by atoms with Gasteiger partial charge in [0, 0.05) is 31.2 Å². The summed E-state index contributed by atoms with van der Waals surface area (Å²) in [6.07, 6.45) is 0. The van der Waals surface area contributed by atoms with Crippen molar-refractivity contribution in [2.24, 2.45) is 0 Å². The molecule has 0 fully saturated rings. The molecule has 24 heavy (non-hydrogen) atoms. The summed E-state index contributed by atoms with van der Waals surface area (Å²) in [7, 11) is 0. The quantitative estimate of drug-likeness (QED) is 0.790. The van der Waals surface area contributed by atoms with Gasteiger partial charge in [-0.3, -0.25) is 9.59 Å². The molecule has 1 amide bonds. The van der Waals surface area contributed by atoms with Gasteiger partial charge < -0.3 is 14.3 Å². The lowest BCUT2D eigenvalue weighted by molar-refractivity contribution is 0.0919. The maximum atomic E-state index is 12.0. The van der Waals surface area contributed by atoms with E-state index in [1.165, 1.54) is 12.1 Å². The molecule has 0 unspecified atom stereocenters. The van der Waals surface area contributed by atoms with E-state index in [0.29, 0.717) is 24.0 Å². The molecule has 122 valence electrons. The molecule has 2 heterocycles. The number of rotatable bonds is 4. The van der Waals surface area contributed by atoms with E-state index in [2.05, 4.69) is 15.5 Å². The molecule has 0 saturated carbocycles. The molecule has 0 aliphatic heterocycles. The maximum Gasteiger partial charge on any atom is 0.287 e. The molecule has 0 radical (unpaired) electrons. The van der Waals surface area contributed by atoms with Crippen molar-refractivity contribution in [1.29, 1.82) is 0 Å². The highest BCUT2D eigenvalue weighted by Gasteiger charge is 2.10. The van der Waals surface area contributed by atoms with E-state index in [-0.39, 0.29) is 11.2 Å². The predicted molar refractivity (Wildman–Crippen MR) is 85.4 cm³/mol. The molecule has 1 aromatic carbocycles. The van der Waals surface area contributed by atoms with Gasteiger partial charge in [-0.2, -0.15) is 4.98 Å². The zero-order chi connectivity index (χ0) is 17.1. The van der Waals surface area contributed by atoms with Crippen LogP contribution in [0.15, 0.2) is 50.1 Å². The SMILES string of the molecule is Cc1cc(=O)cc(C(=O)NCc2ccc(-c3noc(C)n3)cc2)o1. The number of nitrogens with one attached hydrogen (secondary N) is 1. The maximum absolute atomic E-state index is 12.0. The van der Waals surface area contributed by atoms with Gasteiger partial charge in [0.1, 0.15) is 5.76 Å². The van der Waals surface area contributed by atoms with Crippen LogP contribution in [0.5, 0.6) is 0 Å². The lowest BCUT2D eigenvalue weighted by Gasteiger charge is -2.05. The van der Waals surface area contributed by atoms with Crippen LogP contribution < -0.4 is 10.7 Å². The summed E-state index contributed by atoms with van der Waals surface area (Å²) >= 11 is 0. The second kappa shape index (κ2) is 6.49. The fourth-order valence-electron chi connectivity index (χ4n) is 2.17. The summed E-state index contributed by atoms with van der Waals surface area (Å²) in [5, 5.41) is 6.56. The average molecular weight is 325 g/mol. The molecule has 0 spiro atoms. The zero-order valence-corrected chi connectivity index (χ0v) is 13.2. The van der Waals surface area contributed by atoms with Gasteiger partial charge in [-0.1, -0.05) is 29.4 Å². The number of nitrogens with zero attached hydrogens (tertiary/aromatic N) is 2. The van der Waals surface area contributed by atoms with Crippen LogP contribution in [0.4, 0.5) is 0 Å². The first-order chi connectivity index (χ1) is 11.5. The van der Waals surface area contributed by atoms with E-state index in [1.807, 2.05) is 24.3 Å². The number of hydrogen-bond donors (Lipinski definition) is 1. The monoisotopic (exact) mass is 325 g/mol. The zero-order valence-electron chi connectivity index (χ0n) is 13.2. The third kappa shape index (κ3) is 3.57. The van der Waals surface area contributed by atoms with Crippen LogP contribution in [0, 0.1) is 13.8 Å². The van der Waals surface area contributed by atoms with Crippen LogP contribution in [0.25, 0.3) is 11.4 Å². The predicted octanol–water partition coefficient (Wildman–Crippen LogP) is 2.24. The number of carbonyl (C=O) groups excluding carboxylic acids is 1. The Hall–Kier alpha value is -3.22. The Bertz CT molecular complexity index is 926. The van der Waals surface area contributed by atoms with Gasteiger partial charge in [-0.25, -0.2) is 0 Å². The molecule has 3 rings (SSSR count). The van der Waals surface area contributed by atoms with Crippen molar-refractivity contribution in [1.82, 2.24) is 15.5 Å². The Morgan fingerprint density at radius 3 is 2.54 bits per heavy atom. The Morgan fingerprint density at radius 1 is 1.17 bits per heavy atom. The van der Waals surface area contributed by atoms with Crippen molar-refractivity contribution in [2.75, 3.05) is 0 Å². The molecular weight excluding hydrogens is 310 g/mol. The molecule has 0 saturated heterocycles. The lowest BCUT2D eigenvalue weighted by Crippen LogP contribution is -2.24. The number of hydrogen-bond acceptors (Lipinski definition) is 6. The summed E-state index contributed by atoms with van der Waals surface area (Å²) in [4.78, 5) is 27.6. The summed E-state index contributed by atoms with van der Waals surface area (Å²) in [5.41, 5.74) is 1.46. The minimum Gasteiger partial charge on any atom is -0.456 e. The van der Waals surface area contributed by atoms with Gasteiger partial charge in [-0.05, 0) is 12.5 Å². The third-order valence-corrected chi connectivity index (χ3v) is 3.31. The molecule has 7 heteroatoms. The smallest absolute Gasteiger partial charge is 0.287 e. The molecule has 1 N–H and O–H groups in total. The minimum absolute atomic E-state index is 0.00103. The van der Waals surface area contributed by atoms with Crippen LogP contribution in [0.3, 0.4) is 0 Å². The van der Waals surface area contributed by atoms with Gasteiger partial charge in [-0.15, -0.1) is 0 Å².